The third-order valence-electron chi connectivity index (χ3n) is 12.7. The molecule has 0 bridgehead atoms. The van der Waals surface area contributed by atoms with Gasteiger partial charge in [-0.15, -0.1) is 0 Å². The van der Waals surface area contributed by atoms with E-state index in [4.69, 9.17) is 52.1 Å². The van der Waals surface area contributed by atoms with E-state index in [1.807, 2.05) is 42.5 Å². The molecule has 21 nitrogen and oxygen atoms in total. The van der Waals surface area contributed by atoms with Crippen molar-refractivity contribution in [1.29, 1.82) is 0 Å². The number of benzene rings is 7. The Morgan fingerprint density at radius 1 is 0.441 bits per heavy atom. The van der Waals surface area contributed by atoms with Crippen LogP contribution in [0.3, 0.4) is 0 Å². The van der Waals surface area contributed by atoms with Gasteiger partial charge in [-0.05, 0) is 89.4 Å². The molecule has 6 N–H and O–H groups in total. The van der Waals surface area contributed by atoms with E-state index in [-0.39, 0.29) is 99.1 Å². The van der Waals surface area contributed by atoms with Gasteiger partial charge in [0, 0.05) is 67.2 Å². The molecule has 0 aromatic heterocycles. The van der Waals surface area contributed by atoms with Gasteiger partial charge in [0.25, 0.3) is 0 Å². The van der Waals surface area contributed by atoms with Crippen molar-refractivity contribution in [3.05, 3.63) is 213 Å². The van der Waals surface area contributed by atoms with Gasteiger partial charge in [-0.3, -0.25) is 19.2 Å². The molecule has 0 heterocycles. The van der Waals surface area contributed by atoms with Gasteiger partial charge in [-0.1, -0.05) is 82.7 Å². The third-order valence-corrected chi connectivity index (χ3v) is 13.2. The van der Waals surface area contributed by atoms with E-state index in [0.29, 0.717) is 39.9 Å². The number of aromatic hydroxyl groups is 6. The van der Waals surface area contributed by atoms with E-state index in [1.54, 1.807) is 36.4 Å². The fourth-order valence-electron chi connectivity index (χ4n) is 8.42. The molecule has 7 aromatic carbocycles. The highest BCUT2D eigenvalue weighted by molar-refractivity contribution is 9.10. The molecule has 93 heavy (non-hydrogen) atoms. The maximum Gasteiger partial charge on any atom is 0.203 e. The van der Waals surface area contributed by atoms with Crippen LogP contribution in [0.4, 0.5) is 4.39 Å². The number of hydrogen-bond donors (Lipinski definition) is 6. The lowest BCUT2D eigenvalue weighted by Gasteiger charge is -2.13. The molecule has 1 aliphatic carbocycles. The van der Waals surface area contributed by atoms with Crippen molar-refractivity contribution in [1.82, 2.24) is 0 Å². The Balaban J connectivity index is 0.000000227. The standard InChI is InChI=1S/C21H24O8.C17H18O5.C16H13BrO4.C16H13FO4/c1-24-12-29-14-10-16(23)20(17(11-14)25-2)15(22)7-6-13-8-18(26-3)21(28-5)19(9-13)27-4;1-20-11-22-13-9-15(19)17(16(10-13)21-2)14(18)8-7-12-5-3-4-6-12;2*1-21-15-9-12(18)8-14(20)16(15)13(19)6-5-10-3-2-4-11(17)7-10/h6-11,23H,12H2,1-5H3;3-5,7-10,19H,6,11H2,1-2H3;2*2-9,18,20H,1H3/b7-6+;8-7+;2*6-5+. The summed E-state index contributed by atoms with van der Waals surface area (Å²) < 4.78 is 70.4. The summed E-state index contributed by atoms with van der Waals surface area (Å²) in [6, 6.07) is 27.0. The first-order valence-corrected chi connectivity index (χ1v) is 28.3. The highest BCUT2D eigenvalue weighted by atomic mass is 79.9. The Kier molecular flexibility index (Phi) is 28.6. The molecular formula is C70H68BrFO21. The lowest BCUT2D eigenvalue weighted by atomic mass is 10.1. The second-order valence-corrected chi connectivity index (χ2v) is 19.9. The smallest absolute Gasteiger partial charge is 0.203 e. The molecule has 0 fully saturated rings. The van der Waals surface area contributed by atoms with Crippen LogP contribution in [-0.2, 0) is 9.47 Å². The van der Waals surface area contributed by atoms with Gasteiger partial charge in [-0.25, -0.2) is 4.39 Å². The number of allylic oxidation sites excluding steroid dienone is 9. The fraction of sp³-hybridized carbons (Fsp3) is 0.171. The van der Waals surface area contributed by atoms with Crippen molar-refractivity contribution in [2.24, 2.45) is 0 Å². The molecule has 0 saturated carbocycles. The summed E-state index contributed by atoms with van der Waals surface area (Å²) in [7, 11) is 13.0. The van der Waals surface area contributed by atoms with Crippen LogP contribution in [-0.4, -0.2) is 131 Å². The molecule has 0 aliphatic heterocycles. The van der Waals surface area contributed by atoms with E-state index < -0.39 is 23.2 Å². The van der Waals surface area contributed by atoms with E-state index in [9.17, 15) is 54.2 Å². The van der Waals surface area contributed by atoms with Crippen molar-refractivity contribution in [2.75, 3.05) is 77.6 Å². The number of hydrogen-bond acceptors (Lipinski definition) is 21. The van der Waals surface area contributed by atoms with Crippen molar-refractivity contribution in [3.63, 3.8) is 0 Å². The largest absolute Gasteiger partial charge is 0.508 e. The van der Waals surface area contributed by atoms with Crippen LogP contribution in [0.5, 0.6) is 86.2 Å². The maximum absolute atomic E-state index is 13.0. The van der Waals surface area contributed by atoms with Gasteiger partial charge < -0.3 is 82.7 Å². The second-order valence-electron chi connectivity index (χ2n) is 19.0. The number of carbonyl (C=O) groups excluding carboxylic acids is 4. The van der Waals surface area contributed by atoms with Crippen LogP contribution < -0.4 is 42.6 Å². The summed E-state index contributed by atoms with van der Waals surface area (Å²) in [6.45, 7) is 0.0356. The van der Waals surface area contributed by atoms with Gasteiger partial charge in [-0.2, -0.15) is 0 Å². The molecular weight excluding hydrogens is 1280 g/mol. The van der Waals surface area contributed by atoms with Gasteiger partial charge in [0.2, 0.25) is 5.75 Å². The minimum atomic E-state index is -0.520. The molecule has 7 aromatic rings. The SMILES string of the molecule is COCOc1cc(O)c(C(=O)/C=C/C2=CC=CC2)c(OC)c1.COCOc1cc(O)c(C(=O)/C=C/c2cc(OC)c(OC)c(OC)c2)c(OC)c1.COc1cc(O)cc(O)c1C(=O)/C=C/c1cccc(Br)c1.COc1cc(O)cc(O)c1C(=O)/C=C/c1cccc(F)c1. The first kappa shape index (κ1) is 72.7. The number of methoxy groups -OCH3 is 9. The summed E-state index contributed by atoms with van der Waals surface area (Å²) in [5.74, 6) is -1.04. The number of ether oxygens (including phenoxy) is 11. The molecule has 0 spiro atoms. The summed E-state index contributed by atoms with van der Waals surface area (Å²) >= 11 is 3.35. The quantitative estimate of drug-likeness (QED) is 0.0176. The molecule has 0 unspecified atom stereocenters. The summed E-state index contributed by atoms with van der Waals surface area (Å²) in [6.07, 6.45) is 18.3. The third kappa shape index (κ3) is 21.3. The lowest BCUT2D eigenvalue weighted by molar-refractivity contribution is 0.0506. The van der Waals surface area contributed by atoms with Gasteiger partial charge >= 0.3 is 0 Å². The Bertz CT molecular complexity index is 3810. The Labute approximate surface area is 544 Å². The van der Waals surface area contributed by atoms with Crippen LogP contribution in [0.2, 0.25) is 0 Å². The topological polar surface area (TPSA) is 291 Å². The monoisotopic (exact) mass is 1340 g/mol. The first-order chi connectivity index (χ1) is 44.6. The predicted molar refractivity (Wildman–Crippen MR) is 349 cm³/mol. The summed E-state index contributed by atoms with van der Waals surface area (Å²) in [5, 5.41) is 58.7. The van der Waals surface area contributed by atoms with Gasteiger partial charge in [0.1, 0.15) is 97.1 Å². The number of carbonyl (C=O) groups is 4. The highest BCUT2D eigenvalue weighted by Gasteiger charge is 2.22. The number of phenolic OH excluding ortho intramolecular Hbond substituents is 6. The van der Waals surface area contributed by atoms with E-state index in [0.717, 1.165) is 34.2 Å². The molecule has 8 rings (SSSR count). The summed E-state index contributed by atoms with van der Waals surface area (Å²) in [4.78, 5) is 49.3. The van der Waals surface area contributed by atoms with E-state index in [2.05, 4.69) is 15.9 Å². The van der Waals surface area contributed by atoms with Crippen LogP contribution in [0.15, 0.2) is 168 Å². The van der Waals surface area contributed by atoms with Crippen LogP contribution in [0.1, 0.15) is 64.5 Å². The van der Waals surface area contributed by atoms with E-state index in [1.165, 1.54) is 149 Å². The van der Waals surface area contributed by atoms with Crippen LogP contribution >= 0.6 is 15.9 Å². The molecule has 0 amide bonds. The number of phenols is 6. The van der Waals surface area contributed by atoms with Crippen molar-refractivity contribution < 1.29 is 106 Å². The molecule has 1 aliphatic rings. The van der Waals surface area contributed by atoms with Crippen molar-refractivity contribution in [2.45, 2.75) is 6.42 Å². The predicted octanol–water partition coefficient (Wildman–Crippen LogP) is 13.2. The zero-order valence-electron chi connectivity index (χ0n) is 51.9. The van der Waals surface area contributed by atoms with Gasteiger partial charge in [0.05, 0.1) is 49.8 Å². The lowest BCUT2D eigenvalue weighted by Crippen LogP contribution is -2.03. The van der Waals surface area contributed by atoms with Crippen LogP contribution in [0, 0.1) is 5.82 Å². The normalized spacial score (nSPS) is 11.4. The van der Waals surface area contributed by atoms with Crippen molar-refractivity contribution >= 4 is 57.3 Å². The average molecular weight is 1340 g/mol. The van der Waals surface area contributed by atoms with E-state index >= 15 is 0 Å². The molecule has 23 heteroatoms. The molecule has 488 valence electrons. The highest BCUT2D eigenvalue weighted by Crippen LogP contribution is 2.40. The zero-order valence-corrected chi connectivity index (χ0v) is 53.5. The zero-order chi connectivity index (χ0) is 68.1. The Morgan fingerprint density at radius 2 is 0.828 bits per heavy atom. The molecule has 0 saturated heterocycles. The number of halogens is 2. The Morgan fingerprint density at radius 3 is 1.20 bits per heavy atom. The average Bonchev–Trinajstić information content (AvgIpc) is 2.91. The maximum atomic E-state index is 13.0. The van der Waals surface area contributed by atoms with Gasteiger partial charge in [0.15, 0.2) is 48.2 Å². The fourth-order valence-corrected chi connectivity index (χ4v) is 8.84. The Hall–Kier alpha value is -11.0. The molecule has 0 atom stereocenters. The number of ketones is 4. The minimum Gasteiger partial charge on any atom is -0.508 e. The minimum absolute atomic E-state index is 0.00305. The summed E-state index contributed by atoms with van der Waals surface area (Å²) in [5.41, 5.74) is 3.11. The molecule has 0 radical (unpaired) electrons. The first-order valence-electron chi connectivity index (χ1n) is 27.5. The number of rotatable bonds is 25. The van der Waals surface area contributed by atoms with Crippen LogP contribution in [0.25, 0.3) is 18.2 Å². The second kappa shape index (κ2) is 36.6. The van der Waals surface area contributed by atoms with Crippen molar-refractivity contribution in [3.8, 4) is 86.2 Å².